The third kappa shape index (κ3) is 2.65. The van der Waals surface area contributed by atoms with Crippen molar-refractivity contribution < 1.29 is 9.90 Å². The highest BCUT2D eigenvalue weighted by Crippen LogP contribution is 2.20. The molecular weight excluding hydrogens is 240 g/mol. The number of aliphatic hydroxyl groups is 1. The van der Waals surface area contributed by atoms with Crippen LogP contribution in [0.25, 0.3) is 0 Å². The van der Waals surface area contributed by atoms with Gasteiger partial charge in [-0.05, 0) is 31.9 Å². The zero-order chi connectivity index (χ0) is 14.2. The van der Waals surface area contributed by atoms with Crippen molar-refractivity contribution in [2.45, 2.75) is 32.9 Å². The van der Waals surface area contributed by atoms with Gasteiger partial charge in [0.2, 0.25) is 0 Å². The number of nitrogens with zero attached hydrogens (tertiary/aromatic N) is 1. The van der Waals surface area contributed by atoms with Gasteiger partial charge in [-0.15, -0.1) is 0 Å². The van der Waals surface area contributed by atoms with Crippen molar-refractivity contribution in [1.82, 2.24) is 10.2 Å². The molecule has 1 amide bonds. The third-order valence-electron chi connectivity index (χ3n) is 3.86. The third-order valence-corrected chi connectivity index (χ3v) is 3.86. The number of likely N-dealkylation sites (N-methyl/N-ethyl adjacent to an activating group) is 1. The largest absolute Gasteiger partial charge is 0.390 e. The minimum Gasteiger partial charge on any atom is -0.390 e. The lowest BCUT2D eigenvalue weighted by atomic mass is 9.98. The number of aliphatic hydroxyl groups excluding tert-OH is 1. The SMILES string of the molecule is Cc1cc(C)c(C(=O)N(C)[C@H]2CNC[C@@H]2O)c(C)c1. The number of rotatable bonds is 2. The van der Waals surface area contributed by atoms with Crippen LogP contribution in [0.4, 0.5) is 0 Å². The first kappa shape index (κ1) is 14.0. The fraction of sp³-hybridized carbons (Fsp3) is 0.533. The summed E-state index contributed by atoms with van der Waals surface area (Å²) in [7, 11) is 1.77. The number of nitrogens with one attached hydrogen (secondary N) is 1. The van der Waals surface area contributed by atoms with Crippen LogP contribution in [0, 0.1) is 20.8 Å². The van der Waals surface area contributed by atoms with Crippen LogP contribution < -0.4 is 5.32 Å². The number of hydrogen-bond acceptors (Lipinski definition) is 3. The van der Waals surface area contributed by atoms with E-state index >= 15 is 0 Å². The Kier molecular flexibility index (Phi) is 3.92. The minimum absolute atomic E-state index is 0.0113. The van der Waals surface area contributed by atoms with Crippen LogP contribution in [-0.4, -0.2) is 48.2 Å². The second-order valence-electron chi connectivity index (χ2n) is 5.48. The Hall–Kier alpha value is -1.39. The standard InChI is InChI=1S/C15H22N2O2/c1-9-5-10(2)14(11(3)6-9)15(19)17(4)12-7-16-8-13(12)18/h5-6,12-13,16,18H,7-8H2,1-4H3/t12-,13-/m0/s1. The molecule has 0 aromatic heterocycles. The Morgan fingerprint density at radius 3 is 2.32 bits per heavy atom. The van der Waals surface area contributed by atoms with E-state index in [4.69, 9.17) is 0 Å². The maximum atomic E-state index is 12.6. The fourth-order valence-electron chi connectivity index (χ4n) is 2.89. The summed E-state index contributed by atoms with van der Waals surface area (Å²) in [5.74, 6) is -0.0113. The number of β-amino-alcohol motifs (C(OH)–C–C–N with tert-alkyl or cyclic N) is 1. The molecule has 1 aliphatic rings. The Labute approximate surface area is 114 Å². The molecule has 2 rings (SSSR count). The molecule has 1 aromatic carbocycles. The zero-order valence-corrected chi connectivity index (χ0v) is 12.0. The molecule has 0 aliphatic carbocycles. The Balaban J connectivity index is 2.29. The molecule has 2 N–H and O–H groups in total. The monoisotopic (exact) mass is 262 g/mol. The molecule has 1 aliphatic heterocycles. The van der Waals surface area contributed by atoms with Gasteiger partial charge in [-0.25, -0.2) is 0 Å². The van der Waals surface area contributed by atoms with Crippen molar-refractivity contribution in [3.63, 3.8) is 0 Å². The number of amides is 1. The summed E-state index contributed by atoms with van der Waals surface area (Å²) in [6.07, 6.45) is -0.486. The van der Waals surface area contributed by atoms with Gasteiger partial charge < -0.3 is 15.3 Å². The van der Waals surface area contributed by atoms with Gasteiger partial charge in [0, 0.05) is 25.7 Å². The van der Waals surface area contributed by atoms with E-state index in [1.165, 1.54) is 0 Å². The molecule has 1 saturated heterocycles. The summed E-state index contributed by atoms with van der Waals surface area (Å²) in [4.78, 5) is 14.3. The number of hydrogen-bond donors (Lipinski definition) is 2. The van der Waals surface area contributed by atoms with Crippen molar-refractivity contribution in [3.8, 4) is 0 Å². The van der Waals surface area contributed by atoms with Crippen LogP contribution in [0.1, 0.15) is 27.0 Å². The molecule has 4 nitrogen and oxygen atoms in total. The molecule has 1 heterocycles. The highest BCUT2D eigenvalue weighted by molar-refractivity contribution is 5.97. The molecule has 19 heavy (non-hydrogen) atoms. The van der Waals surface area contributed by atoms with Crippen LogP contribution >= 0.6 is 0 Å². The van der Waals surface area contributed by atoms with Crippen molar-refractivity contribution in [1.29, 1.82) is 0 Å². The van der Waals surface area contributed by atoms with E-state index in [2.05, 4.69) is 5.32 Å². The predicted molar refractivity (Wildman–Crippen MR) is 75.4 cm³/mol. The van der Waals surface area contributed by atoms with Crippen LogP contribution in [-0.2, 0) is 0 Å². The molecule has 1 aromatic rings. The van der Waals surface area contributed by atoms with Gasteiger partial charge in [0.05, 0.1) is 12.1 Å². The Morgan fingerprint density at radius 2 is 1.84 bits per heavy atom. The second kappa shape index (κ2) is 5.31. The molecule has 0 bridgehead atoms. The van der Waals surface area contributed by atoms with E-state index in [-0.39, 0.29) is 11.9 Å². The summed E-state index contributed by atoms with van der Waals surface area (Å²) in [6, 6.07) is 3.90. The summed E-state index contributed by atoms with van der Waals surface area (Å²) >= 11 is 0. The smallest absolute Gasteiger partial charge is 0.254 e. The average molecular weight is 262 g/mol. The van der Waals surface area contributed by atoms with E-state index in [0.717, 1.165) is 22.3 Å². The van der Waals surface area contributed by atoms with E-state index in [9.17, 15) is 9.90 Å². The van der Waals surface area contributed by atoms with Gasteiger partial charge in [-0.3, -0.25) is 4.79 Å². The van der Waals surface area contributed by atoms with Crippen LogP contribution in [0.15, 0.2) is 12.1 Å². The van der Waals surface area contributed by atoms with Crippen LogP contribution in [0.2, 0.25) is 0 Å². The zero-order valence-electron chi connectivity index (χ0n) is 12.0. The summed E-state index contributed by atoms with van der Waals surface area (Å²) in [6.45, 7) is 7.15. The highest BCUT2D eigenvalue weighted by atomic mass is 16.3. The molecule has 0 saturated carbocycles. The molecular formula is C15H22N2O2. The quantitative estimate of drug-likeness (QED) is 0.836. The predicted octanol–water partition coefficient (Wildman–Crippen LogP) is 1.02. The molecule has 1 fully saturated rings. The van der Waals surface area contributed by atoms with Crippen molar-refractivity contribution in [2.24, 2.45) is 0 Å². The lowest BCUT2D eigenvalue weighted by molar-refractivity contribution is 0.0580. The average Bonchev–Trinajstić information content (AvgIpc) is 2.73. The number of aryl methyl sites for hydroxylation is 3. The lowest BCUT2D eigenvalue weighted by Gasteiger charge is -2.27. The molecule has 4 heteroatoms. The number of carbonyl (C=O) groups excluding carboxylic acids is 1. The number of carbonyl (C=O) groups is 1. The van der Waals surface area contributed by atoms with Gasteiger partial charge in [-0.2, -0.15) is 0 Å². The van der Waals surface area contributed by atoms with Crippen LogP contribution in [0.5, 0.6) is 0 Å². The lowest BCUT2D eigenvalue weighted by Crippen LogP contribution is -2.44. The van der Waals surface area contributed by atoms with Gasteiger partial charge in [0.15, 0.2) is 0 Å². The fourth-order valence-corrected chi connectivity index (χ4v) is 2.89. The molecule has 0 spiro atoms. The normalized spacial score (nSPS) is 22.6. The van der Waals surface area contributed by atoms with Gasteiger partial charge in [0.25, 0.3) is 5.91 Å². The first-order valence-electron chi connectivity index (χ1n) is 6.65. The van der Waals surface area contributed by atoms with Crippen LogP contribution in [0.3, 0.4) is 0 Å². The molecule has 104 valence electrons. The van der Waals surface area contributed by atoms with Crippen molar-refractivity contribution >= 4 is 5.91 Å². The van der Waals surface area contributed by atoms with E-state index < -0.39 is 6.10 Å². The molecule has 2 atom stereocenters. The maximum absolute atomic E-state index is 12.6. The second-order valence-corrected chi connectivity index (χ2v) is 5.48. The Bertz CT molecular complexity index is 476. The van der Waals surface area contributed by atoms with E-state index in [1.54, 1.807) is 11.9 Å². The summed E-state index contributed by atoms with van der Waals surface area (Å²) < 4.78 is 0. The topological polar surface area (TPSA) is 52.6 Å². The summed E-state index contributed by atoms with van der Waals surface area (Å²) in [5, 5.41) is 13.0. The molecule has 0 unspecified atom stereocenters. The van der Waals surface area contributed by atoms with Crippen molar-refractivity contribution in [3.05, 3.63) is 34.4 Å². The maximum Gasteiger partial charge on any atom is 0.254 e. The van der Waals surface area contributed by atoms with Gasteiger partial charge in [-0.1, -0.05) is 17.7 Å². The molecule has 0 radical (unpaired) electrons. The summed E-state index contributed by atoms with van der Waals surface area (Å²) in [5.41, 5.74) is 3.91. The first-order chi connectivity index (χ1) is 8.91. The van der Waals surface area contributed by atoms with E-state index in [0.29, 0.717) is 13.1 Å². The van der Waals surface area contributed by atoms with Crippen molar-refractivity contribution in [2.75, 3.05) is 20.1 Å². The highest BCUT2D eigenvalue weighted by Gasteiger charge is 2.32. The number of benzene rings is 1. The minimum atomic E-state index is -0.486. The van der Waals surface area contributed by atoms with Gasteiger partial charge >= 0.3 is 0 Å². The van der Waals surface area contributed by atoms with Gasteiger partial charge in [0.1, 0.15) is 0 Å². The van der Waals surface area contributed by atoms with E-state index in [1.807, 2.05) is 32.9 Å². The first-order valence-corrected chi connectivity index (χ1v) is 6.65. The Morgan fingerprint density at radius 1 is 1.26 bits per heavy atom.